The molecule has 3 heterocycles. The second-order valence-corrected chi connectivity index (χ2v) is 8.97. The van der Waals surface area contributed by atoms with Crippen molar-refractivity contribution < 1.29 is 19.3 Å². The van der Waals surface area contributed by atoms with Gasteiger partial charge in [-0.1, -0.05) is 38.1 Å². The minimum Gasteiger partial charge on any atom is -0.324 e. The molecule has 0 unspecified atom stereocenters. The molecular formula is C23H22N4O5. The fourth-order valence-corrected chi connectivity index (χ4v) is 5.45. The molecule has 0 aromatic heterocycles. The minimum absolute atomic E-state index is 0.0357. The van der Waals surface area contributed by atoms with Crippen LogP contribution in [0.25, 0.3) is 0 Å². The third-order valence-corrected chi connectivity index (χ3v) is 6.92. The number of nitro benzene ring substituents is 1. The van der Waals surface area contributed by atoms with E-state index in [0.717, 1.165) is 4.90 Å². The summed E-state index contributed by atoms with van der Waals surface area (Å²) in [5.41, 5.74) is 0.293. The van der Waals surface area contributed by atoms with Gasteiger partial charge in [0.1, 0.15) is 5.54 Å². The van der Waals surface area contributed by atoms with Crippen LogP contribution in [0.5, 0.6) is 0 Å². The maximum atomic E-state index is 13.8. The second kappa shape index (κ2) is 6.70. The number of imide groups is 1. The van der Waals surface area contributed by atoms with E-state index in [9.17, 15) is 24.5 Å². The van der Waals surface area contributed by atoms with Crippen molar-refractivity contribution in [2.24, 2.45) is 17.8 Å². The molecule has 3 aliphatic heterocycles. The molecule has 2 saturated heterocycles. The highest BCUT2D eigenvalue weighted by atomic mass is 16.6. The fraction of sp³-hybridized carbons (Fsp3) is 0.348. The summed E-state index contributed by atoms with van der Waals surface area (Å²) in [6.45, 7) is 5.46. The minimum atomic E-state index is -1.37. The Kier molecular flexibility index (Phi) is 4.26. The van der Waals surface area contributed by atoms with Crippen LogP contribution in [0, 0.1) is 34.8 Å². The standard InChI is InChI=1S/C23H22N4O5/c1-11(2)19-17-18(23(25-19)14-6-4-5-7-15(14)24-22(23)30)21(29)26(20(17)28)13-9-8-12(3)16(10-13)27(31)32/h4-11,17-19,25H,1-3H3,(H,24,30)/t17-,18+,19+,23+/m0/s1. The molecule has 4 atom stereocenters. The summed E-state index contributed by atoms with van der Waals surface area (Å²) in [5, 5.41) is 17.6. The number of fused-ring (bicyclic) bond motifs is 4. The zero-order valence-corrected chi connectivity index (χ0v) is 17.8. The van der Waals surface area contributed by atoms with Gasteiger partial charge in [0.2, 0.25) is 17.7 Å². The Balaban J connectivity index is 1.68. The van der Waals surface area contributed by atoms with E-state index < -0.39 is 40.2 Å². The van der Waals surface area contributed by atoms with E-state index in [-0.39, 0.29) is 23.2 Å². The van der Waals surface area contributed by atoms with Gasteiger partial charge >= 0.3 is 0 Å². The van der Waals surface area contributed by atoms with Crippen LogP contribution in [0.1, 0.15) is 25.0 Å². The molecule has 2 aromatic carbocycles. The van der Waals surface area contributed by atoms with E-state index in [1.807, 2.05) is 13.8 Å². The van der Waals surface area contributed by atoms with Crippen molar-refractivity contribution >= 4 is 34.8 Å². The molecule has 3 amide bonds. The van der Waals surface area contributed by atoms with Crippen molar-refractivity contribution in [1.82, 2.24) is 5.32 Å². The summed E-state index contributed by atoms with van der Waals surface area (Å²) in [4.78, 5) is 52.6. The van der Waals surface area contributed by atoms with Gasteiger partial charge in [-0.2, -0.15) is 0 Å². The molecule has 164 valence electrons. The lowest BCUT2D eigenvalue weighted by molar-refractivity contribution is -0.385. The van der Waals surface area contributed by atoms with Gasteiger partial charge in [-0.25, -0.2) is 4.90 Å². The molecular weight excluding hydrogens is 412 g/mol. The predicted octanol–water partition coefficient (Wildman–Crippen LogP) is 2.48. The van der Waals surface area contributed by atoms with Crippen LogP contribution >= 0.6 is 0 Å². The first-order valence-electron chi connectivity index (χ1n) is 10.5. The van der Waals surface area contributed by atoms with Gasteiger partial charge < -0.3 is 5.32 Å². The van der Waals surface area contributed by atoms with Gasteiger partial charge in [-0.05, 0) is 25.0 Å². The number of carbonyl (C=O) groups excluding carboxylic acids is 3. The number of rotatable bonds is 3. The van der Waals surface area contributed by atoms with E-state index in [0.29, 0.717) is 16.8 Å². The lowest BCUT2D eigenvalue weighted by Crippen LogP contribution is -2.54. The molecule has 0 bridgehead atoms. The van der Waals surface area contributed by atoms with Crippen LogP contribution in [0.2, 0.25) is 0 Å². The normalized spacial score (nSPS) is 28.4. The topological polar surface area (TPSA) is 122 Å². The van der Waals surface area contributed by atoms with Gasteiger partial charge in [-0.3, -0.25) is 29.8 Å². The number of benzene rings is 2. The van der Waals surface area contributed by atoms with Crippen LogP contribution < -0.4 is 15.5 Å². The van der Waals surface area contributed by atoms with Crippen LogP contribution in [0.15, 0.2) is 42.5 Å². The van der Waals surface area contributed by atoms with Crippen molar-refractivity contribution in [2.75, 3.05) is 10.2 Å². The highest BCUT2D eigenvalue weighted by molar-refractivity contribution is 6.25. The van der Waals surface area contributed by atoms with Crippen molar-refractivity contribution in [2.45, 2.75) is 32.4 Å². The number of para-hydroxylation sites is 1. The average molecular weight is 434 g/mol. The molecule has 1 spiro atoms. The van der Waals surface area contributed by atoms with Crippen molar-refractivity contribution in [3.8, 4) is 0 Å². The van der Waals surface area contributed by atoms with Crippen molar-refractivity contribution in [3.63, 3.8) is 0 Å². The molecule has 0 saturated carbocycles. The molecule has 2 aromatic rings. The van der Waals surface area contributed by atoms with Gasteiger partial charge in [0.05, 0.1) is 22.4 Å². The summed E-state index contributed by atoms with van der Waals surface area (Å²) < 4.78 is 0. The van der Waals surface area contributed by atoms with Crippen molar-refractivity contribution in [3.05, 3.63) is 63.7 Å². The number of hydrogen-bond donors (Lipinski definition) is 2. The van der Waals surface area contributed by atoms with Crippen LogP contribution in [0.4, 0.5) is 17.1 Å². The first kappa shape index (κ1) is 20.3. The Hall–Kier alpha value is -3.59. The summed E-state index contributed by atoms with van der Waals surface area (Å²) in [6.07, 6.45) is 0. The molecule has 2 fully saturated rings. The number of aryl methyl sites for hydroxylation is 1. The van der Waals surface area contributed by atoms with E-state index in [1.54, 1.807) is 31.2 Å². The lowest BCUT2D eigenvalue weighted by Gasteiger charge is -2.30. The van der Waals surface area contributed by atoms with Gasteiger partial charge in [0.15, 0.2) is 0 Å². The maximum Gasteiger partial charge on any atom is 0.274 e. The van der Waals surface area contributed by atoms with E-state index >= 15 is 0 Å². The fourth-order valence-electron chi connectivity index (χ4n) is 5.45. The van der Waals surface area contributed by atoms with Crippen LogP contribution in [-0.4, -0.2) is 28.7 Å². The number of nitrogens with one attached hydrogen (secondary N) is 2. The number of nitro groups is 1. The second-order valence-electron chi connectivity index (χ2n) is 8.97. The molecule has 5 rings (SSSR count). The molecule has 9 heteroatoms. The number of nitrogens with zero attached hydrogens (tertiary/aromatic N) is 2. The third kappa shape index (κ3) is 2.45. The Morgan fingerprint density at radius 3 is 2.50 bits per heavy atom. The lowest BCUT2D eigenvalue weighted by atomic mass is 9.76. The summed E-state index contributed by atoms with van der Waals surface area (Å²) >= 11 is 0. The molecule has 2 N–H and O–H groups in total. The first-order chi connectivity index (χ1) is 15.2. The Bertz CT molecular complexity index is 1210. The molecule has 9 nitrogen and oxygen atoms in total. The SMILES string of the molecule is Cc1ccc(N2C(=O)[C@@H]3[C@@H](C(C)C)N[C@@]4(C(=O)Nc5ccccc54)[C@H]3C2=O)cc1[N+](=O)[O-]. The summed E-state index contributed by atoms with van der Waals surface area (Å²) in [5.74, 6) is -3.09. The largest absolute Gasteiger partial charge is 0.324 e. The molecule has 3 aliphatic rings. The number of carbonyl (C=O) groups is 3. The van der Waals surface area contributed by atoms with Gasteiger partial charge in [0.25, 0.3) is 5.69 Å². The first-order valence-corrected chi connectivity index (χ1v) is 10.5. The maximum absolute atomic E-state index is 13.8. The van der Waals surface area contributed by atoms with Crippen LogP contribution in [0.3, 0.4) is 0 Å². The van der Waals surface area contributed by atoms with E-state index in [1.165, 1.54) is 18.2 Å². The molecule has 0 aliphatic carbocycles. The highest BCUT2D eigenvalue weighted by Gasteiger charge is 2.71. The zero-order chi connectivity index (χ0) is 22.9. The Morgan fingerprint density at radius 2 is 1.81 bits per heavy atom. The average Bonchev–Trinajstić information content (AvgIpc) is 3.34. The zero-order valence-electron chi connectivity index (χ0n) is 17.8. The van der Waals surface area contributed by atoms with Crippen LogP contribution in [-0.2, 0) is 19.9 Å². The van der Waals surface area contributed by atoms with E-state index in [2.05, 4.69) is 10.6 Å². The Morgan fingerprint density at radius 1 is 1.09 bits per heavy atom. The number of anilines is 2. The smallest absolute Gasteiger partial charge is 0.274 e. The molecule has 32 heavy (non-hydrogen) atoms. The van der Waals surface area contributed by atoms with Gasteiger partial charge in [0, 0.05) is 28.9 Å². The van der Waals surface area contributed by atoms with Crippen molar-refractivity contribution in [1.29, 1.82) is 0 Å². The number of hydrogen-bond acceptors (Lipinski definition) is 6. The number of amides is 3. The third-order valence-electron chi connectivity index (χ3n) is 6.92. The monoisotopic (exact) mass is 434 g/mol. The molecule has 0 radical (unpaired) electrons. The van der Waals surface area contributed by atoms with Gasteiger partial charge in [-0.15, -0.1) is 0 Å². The van der Waals surface area contributed by atoms with E-state index in [4.69, 9.17) is 0 Å². The Labute approximate surface area is 183 Å². The summed E-state index contributed by atoms with van der Waals surface area (Å²) in [7, 11) is 0. The highest BCUT2D eigenvalue weighted by Crippen LogP contribution is 2.54. The predicted molar refractivity (Wildman–Crippen MR) is 116 cm³/mol. The quantitative estimate of drug-likeness (QED) is 0.435. The summed E-state index contributed by atoms with van der Waals surface area (Å²) in [6, 6.07) is 11.0.